The van der Waals surface area contributed by atoms with E-state index in [2.05, 4.69) is 10.2 Å². The summed E-state index contributed by atoms with van der Waals surface area (Å²) in [6, 6.07) is 0. The third-order valence-corrected chi connectivity index (χ3v) is 6.72. The Labute approximate surface area is 246 Å². The van der Waals surface area contributed by atoms with Gasteiger partial charge in [-0.2, -0.15) is 0 Å². The fourth-order valence-electron chi connectivity index (χ4n) is 4.49. The van der Waals surface area contributed by atoms with E-state index in [0.717, 1.165) is 25.7 Å². The van der Waals surface area contributed by atoms with Gasteiger partial charge in [-0.15, -0.1) is 0 Å². The maximum Gasteiger partial charge on any atom is 0.320 e. The standard InChI is InChI=1S/C28H54N6O7/c1-4-39-26(36)22-32-15-13-31(21-25(35)30-12-10-8-7-9-11-29)14-16-33(23-27(37)40-5-2)18-20-34(19-17-32)24-28(38)41-6-3/h4-24,29H2,1-3H3,(H,30,35). The molecule has 13 nitrogen and oxygen atoms in total. The monoisotopic (exact) mass is 586 g/mol. The third kappa shape index (κ3) is 18.7. The van der Waals surface area contributed by atoms with E-state index in [9.17, 15) is 19.2 Å². The molecule has 1 aliphatic rings. The van der Waals surface area contributed by atoms with Crippen LogP contribution in [0.2, 0.25) is 0 Å². The van der Waals surface area contributed by atoms with Crippen molar-refractivity contribution in [3.8, 4) is 0 Å². The molecule has 1 heterocycles. The molecular formula is C28H54N6O7. The van der Waals surface area contributed by atoms with Gasteiger partial charge in [-0.3, -0.25) is 38.8 Å². The van der Waals surface area contributed by atoms with Gasteiger partial charge in [0.25, 0.3) is 0 Å². The van der Waals surface area contributed by atoms with Crippen LogP contribution >= 0.6 is 0 Å². The van der Waals surface area contributed by atoms with Crippen molar-refractivity contribution >= 4 is 23.8 Å². The second kappa shape index (κ2) is 23.3. The minimum Gasteiger partial charge on any atom is -0.465 e. The van der Waals surface area contributed by atoms with Gasteiger partial charge in [0.15, 0.2) is 0 Å². The minimum absolute atomic E-state index is 0.0505. The van der Waals surface area contributed by atoms with Crippen LogP contribution < -0.4 is 11.1 Å². The summed E-state index contributed by atoms with van der Waals surface area (Å²) in [5.74, 6) is -0.984. The Balaban J connectivity index is 2.95. The maximum absolute atomic E-state index is 12.8. The van der Waals surface area contributed by atoms with Gasteiger partial charge in [0.2, 0.25) is 5.91 Å². The number of esters is 3. The van der Waals surface area contributed by atoms with E-state index >= 15 is 0 Å². The fourth-order valence-corrected chi connectivity index (χ4v) is 4.49. The van der Waals surface area contributed by atoms with Crippen LogP contribution in [-0.4, -0.2) is 155 Å². The van der Waals surface area contributed by atoms with Gasteiger partial charge in [0, 0.05) is 58.9 Å². The molecule has 41 heavy (non-hydrogen) atoms. The van der Waals surface area contributed by atoms with Crippen molar-refractivity contribution in [1.29, 1.82) is 0 Å². The van der Waals surface area contributed by atoms with Crippen molar-refractivity contribution < 1.29 is 33.4 Å². The molecule has 0 aromatic heterocycles. The second-order valence-corrected chi connectivity index (χ2v) is 10.1. The van der Waals surface area contributed by atoms with Crippen LogP contribution in [-0.2, 0) is 33.4 Å². The zero-order valence-corrected chi connectivity index (χ0v) is 25.6. The first-order valence-electron chi connectivity index (χ1n) is 15.1. The SMILES string of the molecule is CCOC(=O)CN1CCN(CC(=O)NCCCCCCN)CCN(CC(=O)OCC)CCN(CC(=O)OCC)CC1. The van der Waals surface area contributed by atoms with E-state index in [1.54, 1.807) is 20.8 Å². The second-order valence-electron chi connectivity index (χ2n) is 10.1. The fraction of sp³-hybridized carbons (Fsp3) is 0.857. The predicted molar refractivity (Wildman–Crippen MR) is 156 cm³/mol. The first kappa shape index (κ1) is 36.7. The van der Waals surface area contributed by atoms with E-state index in [1.165, 1.54) is 0 Å². The number of unbranched alkanes of at least 4 members (excludes halogenated alkanes) is 3. The molecule has 0 unspecified atom stereocenters. The van der Waals surface area contributed by atoms with E-state index in [-0.39, 0.29) is 50.0 Å². The van der Waals surface area contributed by atoms with E-state index in [4.69, 9.17) is 19.9 Å². The van der Waals surface area contributed by atoms with Gasteiger partial charge < -0.3 is 25.3 Å². The number of ether oxygens (including phenoxy) is 3. The summed E-state index contributed by atoms with van der Waals surface area (Å²) in [4.78, 5) is 57.7. The number of carbonyl (C=O) groups is 4. The van der Waals surface area contributed by atoms with Crippen molar-refractivity contribution in [2.75, 3.05) is 111 Å². The van der Waals surface area contributed by atoms with Crippen molar-refractivity contribution in [3.05, 3.63) is 0 Å². The number of rotatable bonds is 17. The largest absolute Gasteiger partial charge is 0.465 e. The lowest BCUT2D eigenvalue weighted by Crippen LogP contribution is -2.50. The molecule has 1 fully saturated rings. The molecule has 0 radical (unpaired) electrons. The lowest BCUT2D eigenvalue weighted by atomic mass is 10.2. The van der Waals surface area contributed by atoms with Crippen LogP contribution in [0.15, 0.2) is 0 Å². The van der Waals surface area contributed by atoms with Gasteiger partial charge in [0.05, 0.1) is 46.0 Å². The molecule has 13 heteroatoms. The van der Waals surface area contributed by atoms with Crippen LogP contribution in [0.25, 0.3) is 0 Å². The van der Waals surface area contributed by atoms with Crippen LogP contribution in [0.4, 0.5) is 0 Å². The van der Waals surface area contributed by atoms with E-state index in [1.807, 2.05) is 14.7 Å². The van der Waals surface area contributed by atoms with Crippen molar-refractivity contribution in [2.45, 2.75) is 46.5 Å². The van der Waals surface area contributed by atoms with Crippen molar-refractivity contribution in [2.24, 2.45) is 5.73 Å². The molecule has 0 aliphatic carbocycles. The highest BCUT2D eigenvalue weighted by molar-refractivity contribution is 5.78. The molecular weight excluding hydrogens is 532 g/mol. The molecule has 1 aliphatic heterocycles. The molecule has 1 rings (SSSR count). The lowest BCUT2D eigenvalue weighted by Gasteiger charge is -2.33. The third-order valence-electron chi connectivity index (χ3n) is 6.72. The van der Waals surface area contributed by atoms with Gasteiger partial charge in [-0.25, -0.2) is 0 Å². The maximum atomic E-state index is 12.8. The Kier molecular flexibility index (Phi) is 20.8. The lowest BCUT2D eigenvalue weighted by molar-refractivity contribution is -0.146. The number of carbonyl (C=O) groups excluding carboxylic acids is 4. The summed E-state index contributed by atoms with van der Waals surface area (Å²) >= 11 is 0. The van der Waals surface area contributed by atoms with E-state index in [0.29, 0.717) is 85.3 Å². The molecule has 1 amide bonds. The number of nitrogens with two attached hydrogens (primary N) is 1. The number of amides is 1. The summed E-state index contributed by atoms with van der Waals surface area (Å²) in [5, 5.41) is 3.01. The summed E-state index contributed by atoms with van der Waals surface area (Å²) in [7, 11) is 0. The van der Waals surface area contributed by atoms with Gasteiger partial charge in [-0.1, -0.05) is 12.8 Å². The number of nitrogens with one attached hydrogen (secondary N) is 1. The number of nitrogens with zero attached hydrogens (tertiary/aromatic N) is 4. The summed E-state index contributed by atoms with van der Waals surface area (Å²) in [5.41, 5.74) is 5.54. The van der Waals surface area contributed by atoms with Crippen molar-refractivity contribution in [3.63, 3.8) is 0 Å². The van der Waals surface area contributed by atoms with Gasteiger partial charge >= 0.3 is 17.9 Å². The highest BCUT2D eigenvalue weighted by atomic mass is 16.5. The molecule has 0 spiro atoms. The summed E-state index contributed by atoms with van der Waals surface area (Å²) in [6.07, 6.45) is 3.99. The van der Waals surface area contributed by atoms with Gasteiger partial charge in [-0.05, 0) is 40.2 Å². The Morgan fingerprint density at radius 2 is 0.902 bits per heavy atom. The highest BCUT2D eigenvalue weighted by Gasteiger charge is 2.22. The minimum atomic E-state index is -0.315. The molecule has 0 saturated carbocycles. The topological polar surface area (TPSA) is 147 Å². The normalized spacial score (nSPS) is 16.8. The number of hydrogen-bond donors (Lipinski definition) is 2. The van der Waals surface area contributed by atoms with Crippen LogP contribution in [0.3, 0.4) is 0 Å². The van der Waals surface area contributed by atoms with Crippen LogP contribution in [0, 0.1) is 0 Å². The molecule has 0 aromatic rings. The Hall–Kier alpha value is -2.32. The molecule has 3 N–H and O–H groups in total. The molecule has 238 valence electrons. The average Bonchev–Trinajstić information content (AvgIpc) is 2.92. The predicted octanol–water partition coefficient (Wildman–Crippen LogP) is -0.467. The average molecular weight is 587 g/mol. The summed E-state index contributed by atoms with van der Waals surface area (Å²) in [6.45, 7) is 12.4. The van der Waals surface area contributed by atoms with Crippen LogP contribution in [0.5, 0.6) is 0 Å². The highest BCUT2D eigenvalue weighted by Crippen LogP contribution is 2.03. The summed E-state index contributed by atoms with van der Waals surface area (Å²) < 4.78 is 15.5. The first-order valence-corrected chi connectivity index (χ1v) is 15.1. The molecule has 1 saturated heterocycles. The molecule has 0 aromatic carbocycles. The first-order chi connectivity index (χ1) is 19.8. The molecule has 0 atom stereocenters. The molecule has 0 bridgehead atoms. The van der Waals surface area contributed by atoms with E-state index < -0.39 is 0 Å². The Morgan fingerprint density at radius 1 is 0.561 bits per heavy atom. The number of hydrogen-bond acceptors (Lipinski definition) is 12. The quantitative estimate of drug-likeness (QED) is 0.129. The Bertz CT molecular complexity index is 721. The Morgan fingerprint density at radius 3 is 1.24 bits per heavy atom. The zero-order valence-electron chi connectivity index (χ0n) is 25.6. The zero-order chi connectivity index (χ0) is 30.3. The van der Waals surface area contributed by atoms with Crippen LogP contribution in [0.1, 0.15) is 46.5 Å². The van der Waals surface area contributed by atoms with Gasteiger partial charge in [0.1, 0.15) is 0 Å². The smallest absolute Gasteiger partial charge is 0.320 e. The van der Waals surface area contributed by atoms with Crippen molar-refractivity contribution in [1.82, 2.24) is 24.9 Å².